The number of hydrogen-bond acceptors (Lipinski definition) is 2. The second-order valence-corrected chi connectivity index (χ2v) is 5.96. The minimum atomic E-state index is -0.395. The molecule has 98 valence electrons. The van der Waals surface area contributed by atoms with Crippen LogP contribution in [0.2, 0.25) is 0 Å². The van der Waals surface area contributed by atoms with Gasteiger partial charge in [0, 0.05) is 0 Å². The van der Waals surface area contributed by atoms with Gasteiger partial charge in [-0.25, -0.2) is 0 Å². The third-order valence-electron chi connectivity index (χ3n) is 4.87. The highest BCUT2D eigenvalue weighted by Crippen LogP contribution is 2.54. The summed E-state index contributed by atoms with van der Waals surface area (Å²) in [6.45, 7) is 1.83. The first-order valence-electron chi connectivity index (χ1n) is 7.05. The third kappa shape index (κ3) is 1.93. The molecule has 4 unspecified atom stereocenters. The van der Waals surface area contributed by atoms with E-state index in [-0.39, 0.29) is 0 Å². The number of benzene rings is 1. The first kappa shape index (κ1) is 12.0. The molecule has 1 aromatic rings. The molecule has 1 N–H and O–H groups in total. The highest BCUT2D eigenvalue weighted by atomic mass is 16.5. The van der Waals surface area contributed by atoms with E-state index in [1.54, 1.807) is 7.11 Å². The van der Waals surface area contributed by atoms with Crippen LogP contribution in [0.3, 0.4) is 0 Å². The summed E-state index contributed by atoms with van der Waals surface area (Å²) < 4.78 is 5.52. The lowest BCUT2D eigenvalue weighted by Crippen LogP contribution is -2.10. The second-order valence-electron chi connectivity index (χ2n) is 5.96. The molecule has 0 saturated heterocycles. The summed E-state index contributed by atoms with van der Waals surface area (Å²) in [7, 11) is 1.74. The van der Waals surface area contributed by atoms with E-state index in [2.05, 4.69) is 6.07 Å². The summed E-state index contributed by atoms with van der Waals surface area (Å²) in [4.78, 5) is 0. The van der Waals surface area contributed by atoms with Gasteiger partial charge in [-0.3, -0.25) is 0 Å². The van der Waals surface area contributed by atoms with Crippen LogP contribution >= 0.6 is 0 Å². The molecule has 0 aromatic heterocycles. The van der Waals surface area contributed by atoms with Crippen LogP contribution < -0.4 is 4.74 Å². The number of aliphatic hydroxyl groups is 1. The number of rotatable bonds is 3. The summed E-state index contributed by atoms with van der Waals surface area (Å²) >= 11 is 0. The van der Waals surface area contributed by atoms with Gasteiger partial charge in [-0.15, -0.1) is 0 Å². The fourth-order valence-electron chi connectivity index (χ4n) is 3.93. The zero-order valence-corrected chi connectivity index (χ0v) is 11.2. The predicted octanol–water partition coefficient (Wildman–Crippen LogP) is 3.65. The Labute approximate surface area is 109 Å². The van der Waals surface area contributed by atoms with Crippen LogP contribution in [0.1, 0.15) is 55.8 Å². The van der Waals surface area contributed by atoms with Crippen molar-refractivity contribution in [2.24, 2.45) is 11.8 Å². The predicted molar refractivity (Wildman–Crippen MR) is 71.8 cm³/mol. The molecule has 0 aliphatic heterocycles. The van der Waals surface area contributed by atoms with Crippen LogP contribution in [0, 0.1) is 11.8 Å². The van der Waals surface area contributed by atoms with Gasteiger partial charge in [-0.1, -0.05) is 12.5 Å². The molecule has 2 nitrogen and oxygen atoms in total. The second kappa shape index (κ2) is 4.58. The Hall–Kier alpha value is -1.02. The molecule has 2 bridgehead atoms. The van der Waals surface area contributed by atoms with Crippen molar-refractivity contribution in [1.29, 1.82) is 0 Å². The van der Waals surface area contributed by atoms with Crippen LogP contribution in [-0.4, -0.2) is 12.2 Å². The van der Waals surface area contributed by atoms with E-state index < -0.39 is 6.10 Å². The van der Waals surface area contributed by atoms with E-state index in [0.717, 1.165) is 23.1 Å². The smallest absolute Gasteiger partial charge is 0.122 e. The Morgan fingerprint density at radius 2 is 2.11 bits per heavy atom. The zero-order valence-electron chi connectivity index (χ0n) is 11.2. The van der Waals surface area contributed by atoms with E-state index in [1.807, 2.05) is 19.1 Å². The van der Waals surface area contributed by atoms with Gasteiger partial charge in [0.15, 0.2) is 0 Å². The molecule has 4 atom stereocenters. The minimum absolute atomic E-state index is 0.395. The van der Waals surface area contributed by atoms with E-state index in [9.17, 15) is 5.11 Å². The third-order valence-corrected chi connectivity index (χ3v) is 4.87. The number of hydrogen-bond donors (Lipinski definition) is 1. The van der Waals surface area contributed by atoms with Gasteiger partial charge in [0.05, 0.1) is 13.2 Å². The van der Waals surface area contributed by atoms with Crippen LogP contribution in [0.15, 0.2) is 18.2 Å². The molecule has 0 spiro atoms. The summed E-state index contributed by atoms with van der Waals surface area (Å²) in [6, 6.07) is 6.15. The lowest BCUT2D eigenvalue weighted by atomic mass is 9.82. The average Bonchev–Trinajstić information content (AvgIpc) is 3.00. The fourth-order valence-corrected chi connectivity index (χ4v) is 3.93. The monoisotopic (exact) mass is 246 g/mol. The topological polar surface area (TPSA) is 29.5 Å². The first-order chi connectivity index (χ1) is 8.69. The summed E-state index contributed by atoms with van der Waals surface area (Å²) in [5.74, 6) is 3.42. The van der Waals surface area contributed by atoms with Crippen molar-refractivity contribution >= 4 is 0 Å². The van der Waals surface area contributed by atoms with Crippen LogP contribution in [-0.2, 0) is 0 Å². The van der Waals surface area contributed by atoms with Crippen molar-refractivity contribution in [3.63, 3.8) is 0 Å². The highest BCUT2D eigenvalue weighted by molar-refractivity contribution is 5.41. The van der Waals surface area contributed by atoms with Crippen LogP contribution in [0.4, 0.5) is 0 Å². The Morgan fingerprint density at radius 3 is 2.67 bits per heavy atom. The van der Waals surface area contributed by atoms with E-state index >= 15 is 0 Å². The number of ether oxygens (including phenoxy) is 1. The molecule has 2 heteroatoms. The quantitative estimate of drug-likeness (QED) is 0.882. The SMILES string of the molecule is COc1ccc(C(C)O)cc1C1CC2CCC1C2. The van der Waals surface area contributed by atoms with E-state index in [4.69, 9.17) is 4.74 Å². The molecule has 2 saturated carbocycles. The molecule has 2 aliphatic rings. The van der Waals surface area contributed by atoms with Gasteiger partial charge in [-0.05, 0) is 67.2 Å². The van der Waals surface area contributed by atoms with Gasteiger partial charge in [0.25, 0.3) is 0 Å². The van der Waals surface area contributed by atoms with Crippen molar-refractivity contribution in [2.75, 3.05) is 7.11 Å². The highest BCUT2D eigenvalue weighted by Gasteiger charge is 2.41. The maximum Gasteiger partial charge on any atom is 0.122 e. The van der Waals surface area contributed by atoms with Gasteiger partial charge in [-0.2, -0.15) is 0 Å². The molecular weight excluding hydrogens is 224 g/mol. The van der Waals surface area contributed by atoms with Gasteiger partial charge in [0.2, 0.25) is 0 Å². The minimum Gasteiger partial charge on any atom is -0.496 e. The molecule has 2 fully saturated rings. The molecule has 1 aromatic carbocycles. The van der Waals surface area contributed by atoms with Crippen molar-refractivity contribution in [1.82, 2.24) is 0 Å². The molecule has 0 radical (unpaired) electrons. The fraction of sp³-hybridized carbons (Fsp3) is 0.625. The Bertz CT molecular complexity index is 439. The van der Waals surface area contributed by atoms with E-state index in [1.165, 1.54) is 31.2 Å². The molecule has 0 heterocycles. The number of methoxy groups -OCH3 is 1. The van der Waals surface area contributed by atoms with Gasteiger partial charge in [0.1, 0.15) is 5.75 Å². The van der Waals surface area contributed by atoms with Crippen LogP contribution in [0.5, 0.6) is 5.75 Å². The van der Waals surface area contributed by atoms with Gasteiger partial charge >= 0.3 is 0 Å². The van der Waals surface area contributed by atoms with Crippen LogP contribution in [0.25, 0.3) is 0 Å². The molecular formula is C16H22O2. The largest absolute Gasteiger partial charge is 0.496 e. The molecule has 2 aliphatic carbocycles. The Morgan fingerprint density at radius 1 is 1.28 bits per heavy atom. The summed E-state index contributed by atoms with van der Waals surface area (Å²) in [5.41, 5.74) is 2.33. The van der Waals surface area contributed by atoms with Crippen molar-refractivity contribution < 1.29 is 9.84 Å². The van der Waals surface area contributed by atoms with Gasteiger partial charge < -0.3 is 9.84 Å². The Kier molecular flexibility index (Phi) is 3.06. The summed E-state index contributed by atoms with van der Waals surface area (Å²) in [5, 5.41) is 9.75. The number of aliphatic hydroxyl groups excluding tert-OH is 1. The molecule has 18 heavy (non-hydrogen) atoms. The van der Waals surface area contributed by atoms with Crippen molar-refractivity contribution in [2.45, 2.75) is 44.6 Å². The maximum atomic E-state index is 9.75. The lowest BCUT2D eigenvalue weighted by molar-refractivity contribution is 0.199. The number of fused-ring (bicyclic) bond motifs is 2. The maximum absolute atomic E-state index is 9.75. The Balaban J connectivity index is 1.96. The lowest BCUT2D eigenvalue weighted by Gasteiger charge is -2.24. The zero-order chi connectivity index (χ0) is 12.7. The average molecular weight is 246 g/mol. The standard InChI is InChI=1S/C16H22O2/c1-10(17)12-5-6-16(18-2)15(9-12)14-8-11-3-4-13(14)7-11/h5-6,9-11,13-14,17H,3-4,7-8H2,1-2H3. The van der Waals surface area contributed by atoms with Crippen molar-refractivity contribution in [3.05, 3.63) is 29.3 Å². The first-order valence-corrected chi connectivity index (χ1v) is 7.05. The van der Waals surface area contributed by atoms with E-state index in [0.29, 0.717) is 5.92 Å². The molecule has 0 amide bonds. The normalized spacial score (nSPS) is 31.6. The molecule has 3 rings (SSSR count). The van der Waals surface area contributed by atoms with Crippen molar-refractivity contribution in [3.8, 4) is 5.75 Å². The summed E-state index contributed by atoms with van der Waals surface area (Å²) in [6.07, 6.45) is 5.10.